The van der Waals surface area contributed by atoms with Crippen molar-refractivity contribution in [1.82, 2.24) is 10.2 Å². The van der Waals surface area contributed by atoms with Crippen LogP contribution in [0.1, 0.15) is 38.5 Å². The third-order valence-electron chi connectivity index (χ3n) is 4.42. The second-order valence-corrected chi connectivity index (χ2v) is 6.34. The van der Waals surface area contributed by atoms with Crippen molar-refractivity contribution in [2.45, 2.75) is 44.6 Å². The Labute approximate surface area is 125 Å². The Balaban J connectivity index is 1.88. The van der Waals surface area contributed by atoms with E-state index < -0.39 is 11.4 Å². The van der Waals surface area contributed by atoms with E-state index in [2.05, 4.69) is 5.32 Å². The van der Waals surface area contributed by atoms with Crippen LogP contribution in [0.3, 0.4) is 0 Å². The van der Waals surface area contributed by atoms with Crippen molar-refractivity contribution >= 4 is 11.9 Å². The maximum atomic E-state index is 11.9. The second kappa shape index (κ2) is 7.22. The van der Waals surface area contributed by atoms with Gasteiger partial charge in [0.15, 0.2) is 0 Å². The van der Waals surface area contributed by atoms with Crippen LogP contribution in [0.25, 0.3) is 0 Å². The van der Waals surface area contributed by atoms with Gasteiger partial charge in [0.25, 0.3) is 0 Å². The number of rotatable bonds is 8. The molecule has 0 bridgehead atoms. The molecule has 1 amide bonds. The van der Waals surface area contributed by atoms with Crippen LogP contribution in [0.4, 0.5) is 0 Å². The van der Waals surface area contributed by atoms with E-state index in [0.717, 1.165) is 32.2 Å². The minimum Gasteiger partial charge on any atom is -0.481 e. The topological polar surface area (TPSA) is 78.9 Å². The first kappa shape index (κ1) is 16.2. The van der Waals surface area contributed by atoms with Gasteiger partial charge in [-0.3, -0.25) is 14.5 Å². The number of aliphatic carboxylic acids is 1. The largest absolute Gasteiger partial charge is 0.481 e. The molecule has 1 saturated heterocycles. The normalized spacial score (nSPS) is 26.5. The molecule has 1 saturated carbocycles. The van der Waals surface area contributed by atoms with E-state index in [-0.39, 0.29) is 5.91 Å². The van der Waals surface area contributed by atoms with Crippen molar-refractivity contribution in [3.63, 3.8) is 0 Å². The minimum absolute atomic E-state index is 0.0237. The van der Waals surface area contributed by atoms with Crippen LogP contribution in [0, 0.1) is 5.41 Å². The number of carbonyl (C=O) groups is 2. The first-order valence-corrected chi connectivity index (χ1v) is 7.80. The number of hydrogen-bond acceptors (Lipinski definition) is 4. The lowest BCUT2D eigenvalue weighted by Gasteiger charge is -2.39. The molecule has 1 atom stereocenters. The van der Waals surface area contributed by atoms with Gasteiger partial charge in [0, 0.05) is 26.3 Å². The van der Waals surface area contributed by atoms with Gasteiger partial charge in [0.05, 0.1) is 12.0 Å². The van der Waals surface area contributed by atoms with Crippen LogP contribution in [0.5, 0.6) is 0 Å². The molecule has 0 aromatic rings. The zero-order valence-electron chi connectivity index (χ0n) is 12.8. The molecular weight excluding hydrogens is 272 g/mol. The van der Waals surface area contributed by atoms with Crippen molar-refractivity contribution in [2.75, 3.05) is 33.4 Å². The van der Waals surface area contributed by atoms with Gasteiger partial charge in [-0.2, -0.15) is 0 Å². The number of piperidine rings is 1. The first-order chi connectivity index (χ1) is 10.1. The summed E-state index contributed by atoms with van der Waals surface area (Å²) in [5, 5.41) is 12.6. The summed E-state index contributed by atoms with van der Waals surface area (Å²) >= 11 is 0. The van der Waals surface area contributed by atoms with Gasteiger partial charge in [-0.05, 0) is 45.1 Å². The highest BCUT2D eigenvalue weighted by Crippen LogP contribution is 2.35. The molecule has 0 radical (unpaired) electrons. The summed E-state index contributed by atoms with van der Waals surface area (Å²) in [6, 6.07) is 0.355. The standard InChI is InChI=1S/C15H26N2O4/c1-21-9-3-7-15(14(19)20)6-2-8-17(11-15)10-13(18)16-12-4-5-12/h12H,2-11H2,1H3,(H,16,18)(H,19,20). The third kappa shape index (κ3) is 4.68. The van der Waals surface area contributed by atoms with Gasteiger partial charge in [-0.1, -0.05) is 0 Å². The molecule has 2 aliphatic rings. The van der Waals surface area contributed by atoms with Crippen molar-refractivity contribution in [3.8, 4) is 0 Å². The number of amides is 1. The van der Waals surface area contributed by atoms with Gasteiger partial charge in [0.2, 0.25) is 5.91 Å². The second-order valence-electron chi connectivity index (χ2n) is 6.34. The van der Waals surface area contributed by atoms with E-state index in [1.54, 1.807) is 7.11 Å². The van der Waals surface area contributed by atoms with Gasteiger partial charge < -0.3 is 15.2 Å². The number of nitrogens with one attached hydrogen (secondary N) is 1. The molecular formula is C15H26N2O4. The summed E-state index contributed by atoms with van der Waals surface area (Å²) in [7, 11) is 1.63. The molecule has 0 aromatic carbocycles. The van der Waals surface area contributed by atoms with Gasteiger partial charge in [-0.25, -0.2) is 0 Å². The molecule has 1 aliphatic heterocycles. The fourth-order valence-electron chi connectivity index (χ4n) is 3.11. The zero-order valence-corrected chi connectivity index (χ0v) is 12.8. The Morgan fingerprint density at radius 1 is 1.43 bits per heavy atom. The van der Waals surface area contributed by atoms with Crippen LogP contribution in [0.2, 0.25) is 0 Å². The average Bonchev–Trinajstić information content (AvgIpc) is 3.23. The fourth-order valence-corrected chi connectivity index (χ4v) is 3.11. The van der Waals surface area contributed by atoms with Crippen LogP contribution >= 0.6 is 0 Å². The number of carboxylic acid groups (broad SMARTS) is 1. The molecule has 0 spiro atoms. The van der Waals surface area contributed by atoms with Gasteiger partial charge in [-0.15, -0.1) is 0 Å². The lowest BCUT2D eigenvalue weighted by atomic mass is 9.76. The summed E-state index contributed by atoms with van der Waals surface area (Å²) in [5.41, 5.74) is -0.726. The zero-order chi connectivity index (χ0) is 15.3. The summed E-state index contributed by atoms with van der Waals surface area (Å²) in [4.78, 5) is 25.6. The highest BCUT2D eigenvalue weighted by Gasteiger charge is 2.42. The summed E-state index contributed by atoms with van der Waals surface area (Å²) in [5.74, 6) is -0.721. The molecule has 2 rings (SSSR count). The Kier molecular flexibility index (Phi) is 5.58. The molecule has 6 heteroatoms. The molecule has 2 fully saturated rings. The summed E-state index contributed by atoms with van der Waals surface area (Å²) in [6.45, 7) is 2.16. The number of carboxylic acids is 1. The maximum absolute atomic E-state index is 11.9. The Morgan fingerprint density at radius 2 is 2.19 bits per heavy atom. The Morgan fingerprint density at radius 3 is 2.81 bits per heavy atom. The van der Waals surface area contributed by atoms with E-state index in [1.165, 1.54) is 0 Å². The van der Waals surface area contributed by atoms with Gasteiger partial charge in [0.1, 0.15) is 0 Å². The number of carbonyl (C=O) groups excluding carboxylic acids is 1. The number of methoxy groups -OCH3 is 1. The minimum atomic E-state index is -0.745. The molecule has 2 N–H and O–H groups in total. The molecule has 6 nitrogen and oxygen atoms in total. The molecule has 120 valence electrons. The lowest BCUT2D eigenvalue weighted by molar-refractivity contribution is -0.154. The van der Waals surface area contributed by atoms with Gasteiger partial charge >= 0.3 is 5.97 Å². The van der Waals surface area contributed by atoms with Crippen molar-refractivity contribution in [2.24, 2.45) is 5.41 Å². The molecule has 1 aliphatic carbocycles. The van der Waals surface area contributed by atoms with E-state index in [4.69, 9.17) is 4.74 Å². The third-order valence-corrected chi connectivity index (χ3v) is 4.42. The molecule has 1 unspecified atom stereocenters. The lowest BCUT2D eigenvalue weighted by Crippen LogP contribution is -2.50. The predicted octanol–water partition coefficient (Wildman–Crippen LogP) is 0.858. The Hall–Kier alpha value is -1.14. The first-order valence-electron chi connectivity index (χ1n) is 7.80. The fraction of sp³-hybridized carbons (Fsp3) is 0.867. The SMILES string of the molecule is COCCCC1(C(=O)O)CCCN(CC(=O)NC2CC2)C1. The predicted molar refractivity (Wildman–Crippen MR) is 78.0 cm³/mol. The number of ether oxygens (including phenoxy) is 1. The van der Waals surface area contributed by atoms with E-state index in [9.17, 15) is 14.7 Å². The molecule has 21 heavy (non-hydrogen) atoms. The maximum Gasteiger partial charge on any atom is 0.310 e. The van der Waals surface area contributed by atoms with Crippen molar-refractivity contribution < 1.29 is 19.4 Å². The monoisotopic (exact) mass is 298 g/mol. The van der Waals surface area contributed by atoms with Crippen molar-refractivity contribution in [1.29, 1.82) is 0 Å². The van der Waals surface area contributed by atoms with Crippen LogP contribution in [-0.2, 0) is 14.3 Å². The summed E-state index contributed by atoms with van der Waals surface area (Å²) in [6.07, 6.45) is 5.01. The number of nitrogens with zero attached hydrogens (tertiary/aromatic N) is 1. The molecule has 1 heterocycles. The number of hydrogen-bond donors (Lipinski definition) is 2. The van der Waals surface area contributed by atoms with E-state index in [1.807, 2.05) is 4.90 Å². The van der Waals surface area contributed by atoms with Crippen LogP contribution < -0.4 is 5.32 Å². The van der Waals surface area contributed by atoms with E-state index in [0.29, 0.717) is 38.6 Å². The van der Waals surface area contributed by atoms with E-state index >= 15 is 0 Å². The number of likely N-dealkylation sites (tertiary alicyclic amines) is 1. The average molecular weight is 298 g/mol. The smallest absolute Gasteiger partial charge is 0.310 e. The van der Waals surface area contributed by atoms with Crippen LogP contribution in [-0.4, -0.2) is 61.3 Å². The highest BCUT2D eigenvalue weighted by atomic mass is 16.5. The van der Waals surface area contributed by atoms with Crippen molar-refractivity contribution in [3.05, 3.63) is 0 Å². The highest BCUT2D eigenvalue weighted by molar-refractivity contribution is 5.79. The summed E-state index contributed by atoms with van der Waals surface area (Å²) < 4.78 is 5.03. The quantitative estimate of drug-likeness (QED) is 0.650. The Bertz CT molecular complexity index is 384. The molecule has 0 aromatic heterocycles. The van der Waals surface area contributed by atoms with Crippen LogP contribution in [0.15, 0.2) is 0 Å².